The summed E-state index contributed by atoms with van der Waals surface area (Å²) in [6.07, 6.45) is 5.20. The van der Waals surface area contributed by atoms with E-state index in [4.69, 9.17) is 11.6 Å². The van der Waals surface area contributed by atoms with Gasteiger partial charge in [-0.15, -0.1) is 0 Å². The normalized spacial score (nSPS) is 25.9. The molecule has 1 fully saturated rings. The Morgan fingerprint density at radius 2 is 2.29 bits per heavy atom. The Hall–Kier alpha value is -1.81. The molecule has 0 radical (unpaired) electrons. The van der Waals surface area contributed by atoms with Gasteiger partial charge in [0.05, 0.1) is 11.9 Å². The molecule has 2 N–H and O–H groups in total. The van der Waals surface area contributed by atoms with E-state index in [0.717, 1.165) is 6.54 Å². The molecule has 2 atom stereocenters. The number of aromatic amines is 1. The molecule has 0 amide bonds. The lowest BCUT2D eigenvalue weighted by atomic mass is 9.95. The Morgan fingerprint density at radius 3 is 3.19 bits per heavy atom. The van der Waals surface area contributed by atoms with Crippen LogP contribution >= 0.6 is 11.6 Å². The number of anilines is 1. The molecule has 0 aliphatic heterocycles. The van der Waals surface area contributed by atoms with E-state index >= 15 is 0 Å². The molecule has 1 aromatic carbocycles. The van der Waals surface area contributed by atoms with E-state index < -0.39 is 0 Å². The predicted molar refractivity (Wildman–Crippen MR) is 82.9 cm³/mol. The Kier molecular flexibility index (Phi) is 2.82. The summed E-state index contributed by atoms with van der Waals surface area (Å²) in [6.45, 7) is 0.833. The van der Waals surface area contributed by atoms with Crippen LogP contribution in [-0.2, 0) is 11.8 Å². The largest absolute Gasteiger partial charge is 0.382 e. The summed E-state index contributed by atoms with van der Waals surface area (Å²) in [4.78, 5) is 11.4. The van der Waals surface area contributed by atoms with Gasteiger partial charge in [0.15, 0.2) is 0 Å². The molecule has 1 heterocycles. The van der Waals surface area contributed by atoms with Gasteiger partial charge in [0.2, 0.25) is 0 Å². The van der Waals surface area contributed by atoms with Gasteiger partial charge in [0.1, 0.15) is 5.02 Å². The van der Waals surface area contributed by atoms with Crippen LogP contribution < -0.4 is 10.9 Å². The SMILES string of the molecule is O=c1[nH]ncc(NC[C@@H]2C[C@]23CCc2ccccc23)c1Cl. The number of halogens is 1. The van der Waals surface area contributed by atoms with E-state index in [0.29, 0.717) is 17.0 Å². The lowest BCUT2D eigenvalue weighted by Crippen LogP contribution is -2.16. The quantitative estimate of drug-likeness (QED) is 0.916. The third-order valence-corrected chi connectivity index (χ3v) is 5.34. The molecule has 1 saturated carbocycles. The molecule has 2 aromatic rings. The average Bonchev–Trinajstić information content (AvgIpc) is 3.08. The Balaban J connectivity index is 1.50. The highest BCUT2D eigenvalue weighted by atomic mass is 35.5. The maximum atomic E-state index is 11.4. The molecular weight excluding hydrogens is 286 g/mol. The summed E-state index contributed by atoms with van der Waals surface area (Å²) >= 11 is 5.98. The smallest absolute Gasteiger partial charge is 0.285 e. The van der Waals surface area contributed by atoms with Crippen LogP contribution in [0.4, 0.5) is 5.69 Å². The monoisotopic (exact) mass is 301 g/mol. The number of aryl methyl sites for hydroxylation is 1. The fourth-order valence-corrected chi connectivity index (χ4v) is 3.90. The van der Waals surface area contributed by atoms with Crippen LogP contribution in [-0.4, -0.2) is 16.7 Å². The zero-order valence-electron chi connectivity index (χ0n) is 11.5. The molecule has 0 bridgehead atoms. The first-order chi connectivity index (χ1) is 10.2. The number of H-pyrrole nitrogens is 1. The lowest BCUT2D eigenvalue weighted by molar-refractivity contribution is 0.609. The molecule has 0 unspecified atom stereocenters. The van der Waals surface area contributed by atoms with Crippen molar-refractivity contribution in [3.8, 4) is 0 Å². The minimum atomic E-state index is -0.349. The molecular formula is C16H16ClN3O. The lowest BCUT2D eigenvalue weighted by Gasteiger charge is -2.13. The first kappa shape index (κ1) is 12.9. The number of rotatable bonds is 3. The third-order valence-electron chi connectivity index (χ3n) is 4.96. The van der Waals surface area contributed by atoms with E-state index in [1.165, 1.54) is 30.4 Å². The number of hydrogen-bond donors (Lipinski definition) is 2. The standard InChI is InChI=1S/C16H16ClN3O/c17-14-13(9-19-20-15(14)21)18-8-11-7-16(11)6-5-10-3-1-2-4-12(10)16/h1-4,9,11H,5-8H2,(H2,18,20,21)/t11-,16+/m0/s1. The van der Waals surface area contributed by atoms with Crippen molar-refractivity contribution in [1.82, 2.24) is 10.2 Å². The van der Waals surface area contributed by atoms with Gasteiger partial charge in [-0.1, -0.05) is 35.9 Å². The van der Waals surface area contributed by atoms with Crippen molar-refractivity contribution >= 4 is 17.3 Å². The van der Waals surface area contributed by atoms with Crippen LogP contribution in [0.5, 0.6) is 0 Å². The van der Waals surface area contributed by atoms with E-state index in [1.807, 2.05) is 0 Å². The number of nitrogens with zero attached hydrogens (tertiary/aromatic N) is 1. The first-order valence-electron chi connectivity index (χ1n) is 7.26. The number of benzene rings is 1. The van der Waals surface area contributed by atoms with E-state index in [1.54, 1.807) is 6.20 Å². The van der Waals surface area contributed by atoms with Crippen LogP contribution in [0.25, 0.3) is 0 Å². The molecule has 2 aliphatic carbocycles. The van der Waals surface area contributed by atoms with Gasteiger partial charge in [-0.25, -0.2) is 5.10 Å². The Labute approximate surface area is 127 Å². The molecule has 0 saturated heterocycles. The maximum Gasteiger partial charge on any atom is 0.285 e. The molecule has 21 heavy (non-hydrogen) atoms. The summed E-state index contributed by atoms with van der Waals surface area (Å²) in [5.41, 5.74) is 3.64. The molecule has 1 aromatic heterocycles. The minimum absolute atomic E-state index is 0.187. The van der Waals surface area contributed by atoms with Gasteiger partial charge < -0.3 is 5.32 Å². The van der Waals surface area contributed by atoms with Gasteiger partial charge in [-0.3, -0.25) is 4.79 Å². The predicted octanol–water partition coefficient (Wildman–Crippen LogP) is 2.74. The number of aromatic nitrogens is 2. The van der Waals surface area contributed by atoms with Crippen LogP contribution in [0.1, 0.15) is 24.0 Å². The fourth-order valence-electron chi connectivity index (χ4n) is 3.74. The van der Waals surface area contributed by atoms with E-state index in [9.17, 15) is 4.79 Å². The van der Waals surface area contributed by atoms with Crippen LogP contribution in [0.3, 0.4) is 0 Å². The molecule has 1 spiro atoms. The highest BCUT2D eigenvalue weighted by molar-refractivity contribution is 6.32. The van der Waals surface area contributed by atoms with Crippen LogP contribution in [0.2, 0.25) is 5.02 Å². The van der Waals surface area contributed by atoms with E-state index in [-0.39, 0.29) is 10.6 Å². The van der Waals surface area contributed by atoms with Gasteiger partial charge in [0.25, 0.3) is 5.56 Å². The molecule has 108 valence electrons. The second-order valence-electron chi connectivity index (χ2n) is 6.02. The molecule has 5 heteroatoms. The zero-order valence-corrected chi connectivity index (χ0v) is 12.3. The fraction of sp³-hybridized carbons (Fsp3) is 0.375. The number of fused-ring (bicyclic) bond motifs is 2. The molecule has 4 rings (SSSR count). The minimum Gasteiger partial charge on any atom is -0.382 e. The second-order valence-corrected chi connectivity index (χ2v) is 6.40. The second kappa shape index (κ2) is 4.60. The summed E-state index contributed by atoms with van der Waals surface area (Å²) < 4.78 is 0. The highest BCUT2D eigenvalue weighted by Crippen LogP contribution is 2.61. The average molecular weight is 302 g/mol. The summed E-state index contributed by atoms with van der Waals surface area (Å²) in [5, 5.41) is 9.58. The summed E-state index contributed by atoms with van der Waals surface area (Å²) in [5.74, 6) is 0.608. The molecule has 4 nitrogen and oxygen atoms in total. The van der Waals surface area contributed by atoms with Crippen molar-refractivity contribution in [2.75, 3.05) is 11.9 Å². The molecule has 2 aliphatic rings. The van der Waals surface area contributed by atoms with Crippen molar-refractivity contribution in [3.63, 3.8) is 0 Å². The van der Waals surface area contributed by atoms with Gasteiger partial charge >= 0.3 is 0 Å². The Morgan fingerprint density at radius 1 is 1.43 bits per heavy atom. The summed E-state index contributed by atoms with van der Waals surface area (Å²) in [6, 6.07) is 8.76. The van der Waals surface area contributed by atoms with Gasteiger partial charge in [-0.2, -0.15) is 5.10 Å². The highest BCUT2D eigenvalue weighted by Gasteiger charge is 2.57. The van der Waals surface area contributed by atoms with Crippen LogP contribution in [0.15, 0.2) is 35.3 Å². The van der Waals surface area contributed by atoms with Gasteiger partial charge in [-0.05, 0) is 36.3 Å². The number of nitrogens with one attached hydrogen (secondary N) is 2. The van der Waals surface area contributed by atoms with Crippen molar-refractivity contribution in [2.45, 2.75) is 24.7 Å². The van der Waals surface area contributed by atoms with Gasteiger partial charge in [0, 0.05) is 12.0 Å². The van der Waals surface area contributed by atoms with Crippen LogP contribution in [0, 0.1) is 5.92 Å². The third kappa shape index (κ3) is 1.97. The number of hydrogen-bond acceptors (Lipinski definition) is 3. The Bertz CT molecular complexity index is 757. The zero-order chi connectivity index (χ0) is 14.4. The van der Waals surface area contributed by atoms with Crippen molar-refractivity contribution in [1.29, 1.82) is 0 Å². The van der Waals surface area contributed by atoms with Crippen molar-refractivity contribution < 1.29 is 0 Å². The first-order valence-corrected chi connectivity index (χ1v) is 7.64. The maximum absolute atomic E-state index is 11.4. The topological polar surface area (TPSA) is 57.8 Å². The van der Waals surface area contributed by atoms with E-state index in [2.05, 4.69) is 39.8 Å². The van der Waals surface area contributed by atoms with Crippen molar-refractivity contribution in [2.24, 2.45) is 5.92 Å². The van der Waals surface area contributed by atoms with Crippen molar-refractivity contribution in [3.05, 3.63) is 57.0 Å². The summed E-state index contributed by atoms with van der Waals surface area (Å²) in [7, 11) is 0.